The summed E-state index contributed by atoms with van der Waals surface area (Å²) in [5, 5.41) is 10.7. The van der Waals surface area contributed by atoms with E-state index in [2.05, 4.69) is 0 Å². The molecule has 6 nitrogen and oxygen atoms in total. The molecular weight excluding hydrogens is 354 g/mol. The normalized spacial score (nSPS) is 12.5. The van der Waals surface area contributed by atoms with Gasteiger partial charge in [-0.1, -0.05) is 24.3 Å². The van der Waals surface area contributed by atoms with Gasteiger partial charge in [0.1, 0.15) is 0 Å². The average molecular weight is 363 g/mol. The van der Waals surface area contributed by atoms with Crippen LogP contribution in [0.1, 0.15) is 46.4 Å². The van der Waals surface area contributed by atoms with Gasteiger partial charge in [-0.3, -0.25) is 24.5 Å². The number of hydrogen-bond donors (Lipinski definition) is 0. The lowest BCUT2D eigenvalue weighted by Gasteiger charge is -2.12. The van der Waals surface area contributed by atoms with E-state index >= 15 is 0 Å². The summed E-state index contributed by atoms with van der Waals surface area (Å²) in [7, 11) is 0. The van der Waals surface area contributed by atoms with Crippen LogP contribution in [0.2, 0.25) is 0 Å². The van der Waals surface area contributed by atoms with Gasteiger partial charge >= 0.3 is 0 Å². The summed E-state index contributed by atoms with van der Waals surface area (Å²) in [6.45, 7) is 0. The second-order valence-corrected chi connectivity index (χ2v) is 6.74. The summed E-state index contributed by atoms with van der Waals surface area (Å²) in [5.41, 5.74) is 1.03. The number of rotatable bonds is 3. The quantitative estimate of drug-likeness (QED) is 0.314. The second-order valence-electron chi connectivity index (χ2n) is 5.69. The van der Waals surface area contributed by atoms with Gasteiger partial charge in [0, 0.05) is 34.4 Å². The number of benzene rings is 2. The Kier molecular flexibility index (Phi) is 3.59. The van der Waals surface area contributed by atoms with E-state index in [1.54, 1.807) is 24.3 Å². The number of ketones is 3. The number of hydrogen-bond acceptors (Lipinski definition) is 6. The molecule has 26 heavy (non-hydrogen) atoms. The molecule has 0 N–H and O–H groups in total. The first-order valence-corrected chi connectivity index (χ1v) is 8.40. The average Bonchev–Trinajstić information content (AvgIpc) is 3.11. The minimum atomic E-state index is -0.549. The Morgan fingerprint density at radius 2 is 1.50 bits per heavy atom. The zero-order chi connectivity index (χ0) is 18.4. The molecule has 1 aliphatic carbocycles. The Morgan fingerprint density at radius 1 is 0.885 bits per heavy atom. The predicted molar refractivity (Wildman–Crippen MR) is 94.2 cm³/mol. The van der Waals surface area contributed by atoms with Crippen LogP contribution in [0.3, 0.4) is 0 Å². The molecule has 4 rings (SSSR count). The Balaban J connectivity index is 1.74. The van der Waals surface area contributed by atoms with E-state index in [0.717, 1.165) is 11.3 Å². The number of carbonyl (C=O) groups excluding carboxylic acids is 3. The number of thiophene rings is 1. The molecule has 1 aliphatic rings. The molecule has 0 bridgehead atoms. The van der Waals surface area contributed by atoms with Crippen LogP contribution in [0.25, 0.3) is 0 Å². The highest BCUT2D eigenvalue weighted by molar-refractivity contribution is 7.17. The molecule has 1 heterocycles. The van der Waals surface area contributed by atoms with E-state index in [9.17, 15) is 24.5 Å². The van der Waals surface area contributed by atoms with Crippen molar-refractivity contribution in [3.05, 3.63) is 96.7 Å². The third kappa shape index (κ3) is 2.37. The third-order valence-corrected chi connectivity index (χ3v) is 5.30. The molecule has 0 fully saturated rings. The van der Waals surface area contributed by atoms with Crippen LogP contribution in [-0.4, -0.2) is 22.3 Å². The maximum absolute atomic E-state index is 12.6. The highest BCUT2D eigenvalue weighted by Crippen LogP contribution is 2.34. The fourth-order valence-electron chi connectivity index (χ4n) is 2.86. The Morgan fingerprint density at radius 3 is 2.12 bits per heavy atom. The molecule has 7 heteroatoms. The molecule has 1 aromatic heterocycles. The van der Waals surface area contributed by atoms with Gasteiger partial charge in [-0.2, -0.15) is 0 Å². The number of non-ortho nitro benzene ring substituents is 1. The molecule has 0 radical (unpaired) electrons. The van der Waals surface area contributed by atoms with Crippen molar-refractivity contribution in [2.24, 2.45) is 0 Å². The minimum absolute atomic E-state index is 0.118. The number of fused-ring (bicyclic) bond motifs is 2. The van der Waals surface area contributed by atoms with Gasteiger partial charge in [-0.25, -0.2) is 0 Å². The fourth-order valence-corrected chi connectivity index (χ4v) is 3.94. The standard InChI is InChI=1S/C19H9NO5S/c21-16(10-5-7-11(8-6-10)20(24)25)15-9-14-17(22)12-3-1-2-4-13(12)18(23)19(14)26-15/h1-9H. The highest BCUT2D eigenvalue weighted by Gasteiger charge is 2.32. The maximum atomic E-state index is 12.6. The lowest BCUT2D eigenvalue weighted by atomic mass is 9.89. The van der Waals surface area contributed by atoms with Crippen LogP contribution >= 0.6 is 11.3 Å². The van der Waals surface area contributed by atoms with Crippen molar-refractivity contribution in [2.75, 3.05) is 0 Å². The van der Waals surface area contributed by atoms with Crippen LogP contribution in [0.15, 0.2) is 54.6 Å². The molecule has 0 unspecified atom stereocenters. The molecule has 0 spiro atoms. The first-order chi connectivity index (χ1) is 12.5. The smallest absolute Gasteiger partial charge is 0.269 e. The Labute approximate surface area is 150 Å². The number of nitro groups is 1. The van der Waals surface area contributed by atoms with Crippen molar-refractivity contribution in [1.29, 1.82) is 0 Å². The summed E-state index contributed by atoms with van der Waals surface area (Å²) in [5.74, 6) is -0.943. The minimum Gasteiger partial charge on any atom is -0.289 e. The van der Waals surface area contributed by atoms with E-state index < -0.39 is 4.92 Å². The van der Waals surface area contributed by atoms with Gasteiger partial charge in [0.25, 0.3) is 5.69 Å². The third-order valence-electron chi connectivity index (χ3n) is 4.16. The van der Waals surface area contributed by atoms with Crippen molar-refractivity contribution >= 4 is 34.4 Å². The van der Waals surface area contributed by atoms with Crippen LogP contribution in [0, 0.1) is 10.1 Å². The van der Waals surface area contributed by atoms with Crippen molar-refractivity contribution in [2.45, 2.75) is 0 Å². The zero-order valence-electron chi connectivity index (χ0n) is 13.1. The molecular formula is C19H9NO5S. The molecule has 0 aliphatic heterocycles. The van der Waals surface area contributed by atoms with Crippen molar-refractivity contribution in [1.82, 2.24) is 0 Å². The van der Waals surface area contributed by atoms with Crippen LogP contribution in [-0.2, 0) is 0 Å². The van der Waals surface area contributed by atoms with Crippen LogP contribution < -0.4 is 0 Å². The zero-order valence-corrected chi connectivity index (χ0v) is 13.9. The summed E-state index contributed by atoms with van der Waals surface area (Å²) >= 11 is 0.970. The van der Waals surface area contributed by atoms with Gasteiger partial charge in [0.05, 0.1) is 14.7 Å². The number of nitrogens with zero attached hydrogens (tertiary/aromatic N) is 1. The van der Waals surface area contributed by atoms with E-state index in [1.807, 2.05) is 0 Å². The molecule has 2 aromatic carbocycles. The molecule has 0 saturated heterocycles. The summed E-state index contributed by atoms with van der Waals surface area (Å²) < 4.78 is 0. The Bertz CT molecular complexity index is 1060. The first-order valence-electron chi connectivity index (χ1n) is 7.59. The van der Waals surface area contributed by atoms with E-state index in [1.165, 1.54) is 30.3 Å². The first kappa shape index (κ1) is 16.0. The van der Waals surface area contributed by atoms with E-state index in [-0.39, 0.29) is 43.9 Å². The summed E-state index contributed by atoms with van der Waals surface area (Å²) in [6.07, 6.45) is 0. The second kappa shape index (κ2) is 5.82. The SMILES string of the molecule is O=C(c1ccc([N+](=O)[O-])cc1)c1cc2c(s1)C(=O)c1ccccc1C2=O. The van der Waals surface area contributed by atoms with Crippen LogP contribution in [0.5, 0.6) is 0 Å². The number of carbonyl (C=O) groups is 3. The summed E-state index contributed by atoms with van der Waals surface area (Å²) in [6, 6.07) is 13.2. The van der Waals surface area contributed by atoms with Crippen molar-refractivity contribution in [3.63, 3.8) is 0 Å². The van der Waals surface area contributed by atoms with Gasteiger partial charge in [0.15, 0.2) is 5.78 Å². The fraction of sp³-hybridized carbons (Fsp3) is 0. The lowest BCUT2D eigenvalue weighted by molar-refractivity contribution is -0.384. The van der Waals surface area contributed by atoms with Crippen molar-refractivity contribution < 1.29 is 19.3 Å². The molecule has 0 atom stereocenters. The van der Waals surface area contributed by atoms with Crippen LogP contribution in [0.4, 0.5) is 5.69 Å². The topological polar surface area (TPSA) is 94.3 Å². The van der Waals surface area contributed by atoms with E-state index in [4.69, 9.17) is 0 Å². The maximum Gasteiger partial charge on any atom is 0.269 e. The largest absolute Gasteiger partial charge is 0.289 e. The summed E-state index contributed by atoms with van der Waals surface area (Å²) in [4.78, 5) is 48.5. The van der Waals surface area contributed by atoms with E-state index in [0.29, 0.717) is 11.1 Å². The highest BCUT2D eigenvalue weighted by atomic mass is 32.1. The van der Waals surface area contributed by atoms with Gasteiger partial charge in [0.2, 0.25) is 11.6 Å². The van der Waals surface area contributed by atoms with Gasteiger partial charge in [-0.15, -0.1) is 11.3 Å². The molecule has 3 aromatic rings. The monoisotopic (exact) mass is 363 g/mol. The number of nitro benzene ring substituents is 1. The molecule has 126 valence electrons. The Hall–Kier alpha value is -3.45. The molecule has 0 saturated carbocycles. The van der Waals surface area contributed by atoms with Gasteiger partial charge in [-0.05, 0) is 18.2 Å². The molecule has 0 amide bonds. The van der Waals surface area contributed by atoms with Gasteiger partial charge < -0.3 is 0 Å². The predicted octanol–water partition coefficient (Wildman–Crippen LogP) is 3.66. The lowest BCUT2D eigenvalue weighted by Crippen LogP contribution is -2.18. The van der Waals surface area contributed by atoms with Crippen molar-refractivity contribution in [3.8, 4) is 0 Å².